The number of nitrogens with two attached hydrogens (primary N) is 1. The molecule has 3 N–H and O–H groups in total. The van der Waals surface area contributed by atoms with Gasteiger partial charge in [0.2, 0.25) is 5.91 Å². The summed E-state index contributed by atoms with van der Waals surface area (Å²) >= 11 is 0. The van der Waals surface area contributed by atoms with Gasteiger partial charge >= 0.3 is 0 Å². The third-order valence-corrected chi connectivity index (χ3v) is 3.12. The highest BCUT2D eigenvalue weighted by molar-refractivity contribution is 5.96. The molecule has 0 aromatic heterocycles. The number of ether oxygens (including phenoxy) is 1. The Morgan fingerprint density at radius 3 is 2.27 bits per heavy atom. The third-order valence-electron chi connectivity index (χ3n) is 3.12. The van der Waals surface area contributed by atoms with Crippen molar-refractivity contribution in [3.8, 4) is 5.75 Å². The maximum atomic E-state index is 12.2. The smallest absolute Gasteiger partial charge is 0.265 e. The molecule has 0 saturated carbocycles. The fraction of sp³-hybridized carbons (Fsp3) is 0.176. The zero-order valence-electron chi connectivity index (χ0n) is 12.3. The predicted octanol–water partition coefficient (Wildman–Crippen LogP) is 2.58. The molecule has 0 unspecified atom stereocenters. The SMILES string of the molecule is CC[C@H](Oc1ccccc1)C(=O)Nc1ccc(C(N)=O)cc1. The normalized spacial score (nSPS) is 11.5. The molecule has 22 heavy (non-hydrogen) atoms. The molecule has 0 radical (unpaired) electrons. The summed E-state index contributed by atoms with van der Waals surface area (Å²) in [5, 5.41) is 2.76. The number of benzene rings is 2. The van der Waals surface area contributed by atoms with E-state index in [0.29, 0.717) is 23.4 Å². The van der Waals surface area contributed by atoms with Gasteiger partial charge in [-0.25, -0.2) is 0 Å². The number of nitrogens with one attached hydrogen (secondary N) is 1. The minimum atomic E-state index is -0.585. The van der Waals surface area contributed by atoms with Crippen molar-refractivity contribution in [2.75, 3.05) is 5.32 Å². The first-order valence-corrected chi connectivity index (χ1v) is 7.02. The zero-order chi connectivity index (χ0) is 15.9. The van der Waals surface area contributed by atoms with Gasteiger partial charge in [-0.2, -0.15) is 0 Å². The van der Waals surface area contributed by atoms with E-state index in [4.69, 9.17) is 10.5 Å². The first-order chi connectivity index (χ1) is 10.6. The van der Waals surface area contributed by atoms with E-state index in [1.54, 1.807) is 36.4 Å². The Balaban J connectivity index is 2.01. The zero-order valence-corrected chi connectivity index (χ0v) is 12.3. The van der Waals surface area contributed by atoms with Gasteiger partial charge in [-0.3, -0.25) is 9.59 Å². The molecule has 2 amide bonds. The number of carbonyl (C=O) groups excluding carboxylic acids is 2. The second-order valence-electron chi connectivity index (χ2n) is 4.76. The lowest BCUT2D eigenvalue weighted by atomic mass is 10.2. The van der Waals surface area contributed by atoms with E-state index in [9.17, 15) is 9.59 Å². The van der Waals surface area contributed by atoms with Crippen molar-refractivity contribution < 1.29 is 14.3 Å². The molecule has 5 nitrogen and oxygen atoms in total. The van der Waals surface area contributed by atoms with Crippen LogP contribution in [0.4, 0.5) is 5.69 Å². The molecule has 2 aromatic carbocycles. The first kappa shape index (κ1) is 15.6. The summed E-state index contributed by atoms with van der Waals surface area (Å²) in [6.45, 7) is 1.88. The fourth-order valence-corrected chi connectivity index (χ4v) is 1.93. The number of rotatable bonds is 6. The molecular formula is C17H18N2O3. The van der Waals surface area contributed by atoms with Crippen LogP contribution in [0.5, 0.6) is 5.75 Å². The summed E-state index contributed by atoms with van der Waals surface area (Å²) in [7, 11) is 0. The van der Waals surface area contributed by atoms with Crippen LogP contribution in [0.2, 0.25) is 0 Å². The van der Waals surface area contributed by atoms with Gasteiger partial charge in [-0.15, -0.1) is 0 Å². The fourth-order valence-electron chi connectivity index (χ4n) is 1.93. The molecule has 0 aliphatic heterocycles. The number of amides is 2. The topological polar surface area (TPSA) is 81.4 Å². The van der Waals surface area contributed by atoms with E-state index in [0.717, 1.165) is 0 Å². The van der Waals surface area contributed by atoms with E-state index in [-0.39, 0.29) is 5.91 Å². The molecule has 5 heteroatoms. The van der Waals surface area contributed by atoms with Gasteiger partial charge in [-0.1, -0.05) is 25.1 Å². The summed E-state index contributed by atoms with van der Waals surface area (Å²) in [6.07, 6.45) is -0.0432. The van der Waals surface area contributed by atoms with Crippen LogP contribution in [0, 0.1) is 0 Å². The first-order valence-electron chi connectivity index (χ1n) is 7.02. The second kappa shape index (κ2) is 7.26. The minimum absolute atomic E-state index is 0.238. The van der Waals surface area contributed by atoms with Crippen LogP contribution in [0.25, 0.3) is 0 Å². The van der Waals surface area contributed by atoms with Crippen molar-refractivity contribution in [1.29, 1.82) is 0 Å². The molecule has 0 spiro atoms. The average molecular weight is 298 g/mol. The van der Waals surface area contributed by atoms with E-state index in [1.807, 2.05) is 25.1 Å². The lowest BCUT2D eigenvalue weighted by molar-refractivity contribution is -0.122. The highest BCUT2D eigenvalue weighted by Crippen LogP contribution is 2.15. The van der Waals surface area contributed by atoms with Gasteiger partial charge in [0, 0.05) is 11.3 Å². The quantitative estimate of drug-likeness (QED) is 0.860. The maximum Gasteiger partial charge on any atom is 0.265 e. The number of primary amides is 1. The monoisotopic (exact) mass is 298 g/mol. The summed E-state index contributed by atoms with van der Waals surface area (Å²) in [5.41, 5.74) is 6.16. The van der Waals surface area contributed by atoms with Crippen molar-refractivity contribution in [2.45, 2.75) is 19.4 Å². The summed E-state index contributed by atoms with van der Waals surface area (Å²) < 4.78 is 5.67. The summed E-state index contributed by atoms with van der Waals surface area (Å²) in [4.78, 5) is 23.2. The Morgan fingerprint density at radius 1 is 1.09 bits per heavy atom. The second-order valence-corrected chi connectivity index (χ2v) is 4.76. The molecule has 0 heterocycles. The van der Waals surface area contributed by atoms with Gasteiger partial charge in [0.15, 0.2) is 6.10 Å². The Hall–Kier alpha value is -2.82. The highest BCUT2D eigenvalue weighted by Gasteiger charge is 2.18. The highest BCUT2D eigenvalue weighted by atomic mass is 16.5. The molecule has 2 aromatic rings. The van der Waals surface area contributed by atoms with Crippen molar-refractivity contribution in [1.82, 2.24) is 0 Å². The third kappa shape index (κ3) is 4.09. The van der Waals surface area contributed by atoms with Crippen LogP contribution >= 0.6 is 0 Å². The lowest BCUT2D eigenvalue weighted by Crippen LogP contribution is -2.32. The van der Waals surface area contributed by atoms with Gasteiger partial charge in [0.25, 0.3) is 5.91 Å². The standard InChI is InChI=1S/C17H18N2O3/c1-2-15(22-14-6-4-3-5-7-14)17(21)19-13-10-8-12(9-11-13)16(18)20/h3-11,15H,2H2,1H3,(H2,18,20)(H,19,21)/t15-/m0/s1. The number of hydrogen-bond donors (Lipinski definition) is 2. The Bertz CT molecular complexity index is 639. The lowest BCUT2D eigenvalue weighted by Gasteiger charge is -2.17. The molecule has 0 saturated heterocycles. The summed E-state index contributed by atoms with van der Waals surface area (Å²) in [5.74, 6) is -0.0940. The maximum absolute atomic E-state index is 12.2. The van der Waals surface area contributed by atoms with Gasteiger partial charge in [-0.05, 0) is 42.8 Å². The Labute approximate surface area is 129 Å². The van der Waals surface area contributed by atoms with Crippen LogP contribution in [0.15, 0.2) is 54.6 Å². The molecule has 2 rings (SSSR count). The van der Waals surface area contributed by atoms with Crippen molar-refractivity contribution in [2.24, 2.45) is 5.73 Å². The van der Waals surface area contributed by atoms with Crippen LogP contribution < -0.4 is 15.8 Å². The Kier molecular flexibility index (Phi) is 5.14. The van der Waals surface area contributed by atoms with Crippen molar-refractivity contribution in [3.63, 3.8) is 0 Å². The summed E-state index contributed by atoms with van der Waals surface area (Å²) in [6, 6.07) is 15.6. The van der Waals surface area contributed by atoms with E-state index in [2.05, 4.69) is 5.32 Å². The predicted molar refractivity (Wildman–Crippen MR) is 84.7 cm³/mol. The molecular weight excluding hydrogens is 280 g/mol. The van der Waals surface area contributed by atoms with Crippen molar-refractivity contribution >= 4 is 17.5 Å². The van der Waals surface area contributed by atoms with Crippen molar-refractivity contribution in [3.05, 3.63) is 60.2 Å². The molecule has 0 fully saturated rings. The number of anilines is 1. The van der Waals surface area contributed by atoms with Gasteiger partial charge < -0.3 is 15.8 Å². The van der Waals surface area contributed by atoms with Gasteiger partial charge in [0.1, 0.15) is 5.75 Å². The molecule has 1 atom stereocenters. The molecule has 0 aliphatic rings. The van der Waals surface area contributed by atoms with Crippen LogP contribution in [0.1, 0.15) is 23.7 Å². The number of para-hydroxylation sites is 1. The Morgan fingerprint density at radius 2 is 1.73 bits per heavy atom. The molecule has 114 valence electrons. The average Bonchev–Trinajstić information content (AvgIpc) is 2.54. The number of hydrogen-bond acceptors (Lipinski definition) is 3. The number of carbonyl (C=O) groups is 2. The van der Waals surface area contributed by atoms with Crippen LogP contribution in [-0.2, 0) is 4.79 Å². The van der Waals surface area contributed by atoms with E-state index in [1.165, 1.54) is 0 Å². The van der Waals surface area contributed by atoms with Crippen LogP contribution in [0.3, 0.4) is 0 Å². The molecule has 0 aliphatic carbocycles. The van der Waals surface area contributed by atoms with Crippen LogP contribution in [-0.4, -0.2) is 17.9 Å². The molecule has 0 bridgehead atoms. The minimum Gasteiger partial charge on any atom is -0.481 e. The van der Waals surface area contributed by atoms with Gasteiger partial charge in [0.05, 0.1) is 0 Å². The van der Waals surface area contributed by atoms with E-state index >= 15 is 0 Å². The largest absolute Gasteiger partial charge is 0.481 e. The van der Waals surface area contributed by atoms with E-state index < -0.39 is 12.0 Å².